The summed E-state index contributed by atoms with van der Waals surface area (Å²) in [6.45, 7) is 1.46. The maximum atomic E-state index is 13.6. The molecule has 8 heteroatoms. The molecular weight excluding hydrogens is 366 g/mol. The molecule has 5 nitrogen and oxygen atoms in total. The number of carbonyl (C=O) groups is 2. The highest BCUT2D eigenvalue weighted by atomic mass is 35.5. The molecule has 0 aliphatic carbocycles. The molecule has 2 rings (SSSR count). The van der Waals surface area contributed by atoms with E-state index in [0.717, 1.165) is 6.08 Å². The minimum atomic E-state index is -0.939. The fourth-order valence-electron chi connectivity index (χ4n) is 1.87. The average Bonchev–Trinajstić information content (AvgIpc) is 2.61. The normalized spacial score (nSPS) is 11.8. The number of hydrogen-bond acceptors (Lipinski definition) is 3. The van der Waals surface area contributed by atoms with Crippen LogP contribution in [0.4, 0.5) is 8.78 Å². The van der Waals surface area contributed by atoms with Crippen molar-refractivity contribution >= 4 is 29.5 Å². The minimum absolute atomic E-state index is 0.0589. The Kier molecular flexibility index (Phi) is 6.68. The van der Waals surface area contributed by atoms with Gasteiger partial charge in [0.1, 0.15) is 17.4 Å². The van der Waals surface area contributed by atoms with Gasteiger partial charge in [0.15, 0.2) is 6.10 Å². The molecule has 136 valence electrons. The lowest BCUT2D eigenvalue weighted by Crippen LogP contribution is -2.46. The van der Waals surface area contributed by atoms with Gasteiger partial charge in [-0.2, -0.15) is 0 Å². The molecule has 0 spiro atoms. The smallest absolute Gasteiger partial charge is 0.279 e. The minimum Gasteiger partial charge on any atom is -0.481 e. The number of ether oxygens (including phenoxy) is 1. The van der Waals surface area contributed by atoms with Crippen molar-refractivity contribution in [1.29, 1.82) is 0 Å². The molecule has 2 N–H and O–H groups in total. The summed E-state index contributed by atoms with van der Waals surface area (Å²) in [6.07, 6.45) is 1.28. The third kappa shape index (κ3) is 5.56. The first-order chi connectivity index (χ1) is 12.4. The number of nitrogens with one attached hydrogen (secondary N) is 2. The van der Waals surface area contributed by atoms with Gasteiger partial charge in [0.2, 0.25) is 0 Å². The summed E-state index contributed by atoms with van der Waals surface area (Å²) in [5.41, 5.74) is 4.36. The second-order valence-electron chi connectivity index (χ2n) is 5.16. The van der Waals surface area contributed by atoms with Gasteiger partial charge in [0.25, 0.3) is 11.8 Å². The van der Waals surface area contributed by atoms with Crippen molar-refractivity contribution in [3.8, 4) is 5.75 Å². The highest BCUT2D eigenvalue weighted by Crippen LogP contribution is 2.20. The van der Waals surface area contributed by atoms with Crippen molar-refractivity contribution in [2.75, 3.05) is 0 Å². The molecule has 1 atom stereocenters. The van der Waals surface area contributed by atoms with Crippen LogP contribution in [-0.4, -0.2) is 17.9 Å². The Balaban J connectivity index is 1.85. The van der Waals surface area contributed by atoms with Gasteiger partial charge in [-0.05, 0) is 49.4 Å². The van der Waals surface area contributed by atoms with Crippen LogP contribution in [-0.2, 0) is 9.59 Å². The molecule has 0 saturated carbocycles. The zero-order valence-corrected chi connectivity index (χ0v) is 14.4. The number of halogens is 3. The first-order valence-electron chi connectivity index (χ1n) is 7.51. The number of hydrogen-bond donors (Lipinski definition) is 2. The van der Waals surface area contributed by atoms with E-state index in [1.165, 1.54) is 55.5 Å². The van der Waals surface area contributed by atoms with E-state index in [2.05, 4.69) is 10.9 Å². The van der Waals surface area contributed by atoms with Crippen molar-refractivity contribution in [2.24, 2.45) is 0 Å². The zero-order valence-electron chi connectivity index (χ0n) is 13.6. The molecule has 2 aromatic rings. The van der Waals surface area contributed by atoms with Crippen molar-refractivity contribution in [3.05, 3.63) is 70.8 Å². The van der Waals surface area contributed by atoms with E-state index in [4.69, 9.17) is 16.3 Å². The molecule has 0 radical (unpaired) electrons. The van der Waals surface area contributed by atoms with Gasteiger partial charge < -0.3 is 4.74 Å². The Hall–Kier alpha value is -2.93. The Morgan fingerprint density at radius 1 is 1.12 bits per heavy atom. The van der Waals surface area contributed by atoms with Gasteiger partial charge in [0, 0.05) is 11.6 Å². The predicted octanol–water partition coefficient (Wildman–Crippen LogP) is 3.25. The van der Waals surface area contributed by atoms with E-state index >= 15 is 0 Å². The van der Waals surface area contributed by atoms with E-state index in [1.807, 2.05) is 0 Å². The lowest BCUT2D eigenvalue weighted by Gasteiger charge is -2.14. The molecule has 0 aromatic heterocycles. The lowest BCUT2D eigenvalue weighted by molar-refractivity contribution is -0.131. The quantitative estimate of drug-likeness (QED) is 0.618. The molecule has 2 amide bonds. The van der Waals surface area contributed by atoms with Crippen LogP contribution in [0.2, 0.25) is 5.02 Å². The van der Waals surface area contributed by atoms with Crippen LogP contribution in [0.3, 0.4) is 0 Å². The second-order valence-corrected chi connectivity index (χ2v) is 5.57. The Morgan fingerprint density at radius 2 is 1.81 bits per heavy atom. The predicted molar refractivity (Wildman–Crippen MR) is 93.2 cm³/mol. The number of rotatable bonds is 5. The van der Waals surface area contributed by atoms with Gasteiger partial charge >= 0.3 is 0 Å². The van der Waals surface area contributed by atoms with Crippen LogP contribution < -0.4 is 15.6 Å². The van der Waals surface area contributed by atoms with Crippen LogP contribution in [0.25, 0.3) is 6.08 Å². The summed E-state index contributed by atoms with van der Waals surface area (Å²) < 4.78 is 31.7. The highest BCUT2D eigenvalue weighted by Gasteiger charge is 2.15. The molecule has 2 aromatic carbocycles. The van der Waals surface area contributed by atoms with Crippen molar-refractivity contribution < 1.29 is 23.1 Å². The molecule has 0 aliphatic rings. The van der Waals surface area contributed by atoms with Crippen molar-refractivity contribution in [2.45, 2.75) is 13.0 Å². The van der Waals surface area contributed by atoms with E-state index < -0.39 is 29.6 Å². The van der Waals surface area contributed by atoms with E-state index in [-0.39, 0.29) is 10.6 Å². The molecule has 0 aliphatic heterocycles. The van der Waals surface area contributed by atoms with Gasteiger partial charge in [-0.1, -0.05) is 17.7 Å². The first kappa shape index (κ1) is 19.4. The summed E-state index contributed by atoms with van der Waals surface area (Å²) in [6, 6.07) is 9.27. The number of benzene rings is 2. The summed E-state index contributed by atoms with van der Waals surface area (Å²) in [7, 11) is 0. The van der Waals surface area contributed by atoms with Gasteiger partial charge in [-0.3, -0.25) is 20.4 Å². The van der Waals surface area contributed by atoms with E-state index in [9.17, 15) is 18.4 Å². The summed E-state index contributed by atoms with van der Waals surface area (Å²) in [5.74, 6) is -2.02. The number of amides is 2. The van der Waals surface area contributed by atoms with E-state index in [1.54, 1.807) is 0 Å². The van der Waals surface area contributed by atoms with Gasteiger partial charge in [-0.25, -0.2) is 8.78 Å². The third-order valence-electron chi connectivity index (χ3n) is 3.21. The Bertz CT molecular complexity index is 805. The summed E-state index contributed by atoms with van der Waals surface area (Å²) in [4.78, 5) is 23.6. The molecule has 0 heterocycles. The van der Waals surface area contributed by atoms with Crippen molar-refractivity contribution in [3.63, 3.8) is 0 Å². The topological polar surface area (TPSA) is 67.4 Å². The average molecular weight is 381 g/mol. The third-order valence-corrected chi connectivity index (χ3v) is 3.54. The molecule has 0 bridgehead atoms. The maximum absolute atomic E-state index is 13.6. The fraction of sp³-hybridized carbons (Fsp3) is 0.111. The monoisotopic (exact) mass is 380 g/mol. The largest absolute Gasteiger partial charge is 0.481 e. The van der Waals surface area contributed by atoms with E-state index in [0.29, 0.717) is 5.75 Å². The lowest BCUT2D eigenvalue weighted by atomic mass is 10.2. The number of hydrazine groups is 1. The SMILES string of the molecule is CC(Oc1ccc(F)cc1)C(=O)NNC(=O)/C=C/c1c(F)cccc1Cl. The summed E-state index contributed by atoms with van der Waals surface area (Å²) in [5, 5.41) is 0.152. The molecule has 26 heavy (non-hydrogen) atoms. The van der Waals surface area contributed by atoms with Crippen molar-refractivity contribution in [1.82, 2.24) is 10.9 Å². The highest BCUT2D eigenvalue weighted by molar-refractivity contribution is 6.32. The van der Waals surface area contributed by atoms with Crippen LogP contribution in [0.5, 0.6) is 5.75 Å². The number of carbonyl (C=O) groups excluding carboxylic acids is 2. The molecule has 0 fully saturated rings. The van der Waals surface area contributed by atoms with Crippen LogP contribution in [0.1, 0.15) is 12.5 Å². The van der Waals surface area contributed by atoms with Gasteiger partial charge in [-0.15, -0.1) is 0 Å². The zero-order chi connectivity index (χ0) is 19.1. The maximum Gasteiger partial charge on any atom is 0.279 e. The molecule has 1 unspecified atom stereocenters. The standard InChI is InChI=1S/C18H15ClF2N2O3/c1-11(26-13-7-5-12(20)6-8-13)18(25)23-22-17(24)10-9-14-15(19)3-2-4-16(14)21/h2-11H,1H3,(H,22,24)(H,23,25)/b10-9+. The Labute approximate surface area is 153 Å². The van der Waals surface area contributed by atoms with Crippen LogP contribution >= 0.6 is 11.6 Å². The second kappa shape index (κ2) is 8.96. The first-order valence-corrected chi connectivity index (χ1v) is 7.89. The van der Waals surface area contributed by atoms with Gasteiger partial charge in [0.05, 0.1) is 5.02 Å². The molecule has 0 saturated heterocycles. The Morgan fingerprint density at radius 3 is 2.46 bits per heavy atom. The fourth-order valence-corrected chi connectivity index (χ4v) is 2.09. The van der Waals surface area contributed by atoms with Crippen LogP contribution in [0, 0.1) is 11.6 Å². The summed E-state index contributed by atoms with van der Waals surface area (Å²) >= 11 is 5.84. The molecular formula is C18H15ClF2N2O3. The van der Waals surface area contributed by atoms with Crippen LogP contribution in [0.15, 0.2) is 48.5 Å².